The van der Waals surface area contributed by atoms with E-state index in [0.717, 1.165) is 10.7 Å². The van der Waals surface area contributed by atoms with E-state index in [0.29, 0.717) is 26.1 Å². The van der Waals surface area contributed by atoms with Gasteiger partial charge in [-0.2, -0.15) is 0 Å². The molecule has 0 radical (unpaired) electrons. The van der Waals surface area contributed by atoms with E-state index >= 15 is 0 Å². The fourth-order valence-corrected chi connectivity index (χ4v) is 3.52. The highest BCUT2D eigenvalue weighted by Gasteiger charge is 2.41. The second-order valence-corrected chi connectivity index (χ2v) is 6.73. The first-order chi connectivity index (χ1) is 11.2. The molecule has 0 spiro atoms. The SMILES string of the molecule is COCc1cn(CC2CC(NCc3nccs3)C(O)C2O)nn1. The molecule has 1 fully saturated rings. The molecule has 3 N–H and O–H groups in total. The van der Waals surface area contributed by atoms with Crippen molar-refractivity contribution in [2.75, 3.05) is 7.11 Å². The van der Waals surface area contributed by atoms with E-state index in [2.05, 4.69) is 20.6 Å². The number of hydrogen-bond acceptors (Lipinski definition) is 8. The zero-order valence-electron chi connectivity index (χ0n) is 12.9. The largest absolute Gasteiger partial charge is 0.390 e. The van der Waals surface area contributed by atoms with Gasteiger partial charge in [0, 0.05) is 43.7 Å². The Kier molecular flexibility index (Phi) is 5.34. The van der Waals surface area contributed by atoms with Gasteiger partial charge in [0.2, 0.25) is 0 Å². The lowest BCUT2D eigenvalue weighted by atomic mass is 10.1. The lowest BCUT2D eigenvalue weighted by molar-refractivity contribution is 0.00721. The topological polar surface area (TPSA) is 105 Å². The monoisotopic (exact) mass is 339 g/mol. The first-order valence-corrected chi connectivity index (χ1v) is 8.41. The summed E-state index contributed by atoms with van der Waals surface area (Å²) in [5.41, 5.74) is 0.749. The van der Waals surface area contributed by atoms with Gasteiger partial charge in [0.15, 0.2) is 0 Å². The lowest BCUT2D eigenvalue weighted by Gasteiger charge is -2.17. The number of rotatable bonds is 7. The molecule has 0 aliphatic heterocycles. The number of hydrogen-bond donors (Lipinski definition) is 3. The zero-order chi connectivity index (χ0) is 16.2. The molecule has 2 aromatic heterocycles. The summed E-state index contributed by atoms with van der Waals surface area (Å²) in [5.74, 6) is -0.0733. The minimum absolute atomic E-state index is 0.0733. The summed E-state index contributed by atoms with van der Waals surface area (Å²) in [7, 11) is 1.61. The Morgan fingerprint density at radius 2 is 2.30 bits per heavy atom. The minimum atomic E-state index is -0.790. The van der Waals surface area contributed by atoms with Crippen molar-refractivity contribution < 1.29 is 14.9 Å². The Hall–Kier alpha value is -1.39. The van der Waals surface area contributed by atoms with Gasteiger partial charge in [0.1, 0.15) is 10.7 Å². The molecule has 2 heterocycles. The maximum Gasteiger partial charge on any atom is 0.108 e. The van der Waals surface area contributed by atoms with E-state index in [1.165, 1.54) is 0 Å². The molecule has 0 amide bonds. The standard InChI is InChI=1S/C14H21N5O3S/c1-22-8-10-7-19(18-17-10)6-9-4-11(14(21)13(9)20)16-5-12-15-2-3-23-12/h2-3,7,9,11,13-14,16,20-21H,4-6,8H2,1H3. The van der Waals surface area contributed by atoms with Crippen LogP contribution in [0, 0.1) is 5.92 Å². The molecular formula is C14H21N5O3S. The van der Waals surface area contributed by atoms with Crippen LogP contribution in [-0.2, 0) is 24.4 Å². The summed E-state index contributed by atoms with van der Waals surface area (Å²) >= 11 is 1.57. The van der Waals surface area contributed by atoms with Gasteiger partial charge in [-0.05, 0) is 6.42 Å². The number of nitrogens with one attached hydrogen (secondary N) is 1. The molecule has 8 nitrogen and oxygen atoms in total. The van der Waals surface area contributed by atoms with Crippen molar-refractivity contribution in [1.82, 2.24) is 25.3 Å². The lowest BCUT2D eigenvalue weighted by Crippen LogP contribution is -2.39. The highest BCUT2D eigenvalue weighted by molar-refractivity contribution is 7.09. The summed E-state index contributed by atoms with van der Waals surface area (Å²) in [5, 5.41) is 34.7. The number of aliphatic hydroxyl groups excluding tert-OH is 2. The summed E-state index contributed by atoms with van der Waals surface area (Å²) in [6, 6.07) is -0.152. The number of methoxy groups -OCH3 is 1. The number of aromatic nitrogens is 4. The molecule has 9 heteroatoms. The Morgan fingerprint density at radius 3 is 3.04 bits per heavy atom. The third kappa shape index (κ3) is 3.93. The molecule has 3 rings (SSSR count). The van der Waals surface area contributed by atoms with Gasteiger partial charge in [-0.15, -0.1) is 16.4 Å². The Bertz CT molecular complexity index is 605. The molecule has 0 aromatic carbocycles. The molecule has 1 aliphatic carbocycles. The Morgan fingerprint density at radius 1 is 1.43 bits per heavy atom. The van der Waals surface area contributed by atoms with Crippen LogP contribution >= 0.6 is 11.3 Å². The van der Waals surface area contributed by atoms with E-state index in [-0.39, 0.29) is 12.0 Å². The molecule has 1 aliphatic rings. The van der Waals surface area contributed by atoms with Crippen molar-refractivity contribution in [3.8, 4) is 0 Å². The predicted octanol–water partition coefficient (Wildman–Crippen LogP) is -0.219. The molecule has 126 valence electrons. The van der Waals surface area contributed by atoms with E-state index in [4.69, 9.17) is 4.74 Å². The summed E-state index contributed by atoms with van der Waals surface area (Å²) in [4.78, 5) is 4.21. The summed E-state index contributed by atoms with van der Waals surface area (Å²) in [6.45, 7) is 1.53. The van der Waals surface area contributed by atoms with Crippen LogP contribution in [0.25, 0.3) is 0 Å². The summed E-state index contributed by atoms with van der Waals surface area (Å²) in [6.07, 6.45) is 2.67. The van der Waals surface area contributed by atoms with Crippen molar-refractivity contribution in [1.29, 1.82) is 0 Å². The average Bonchev–Trinajstić information content (AvgIpc) is 3.25. The molecular weight excluding hydrogens is 318 g/mol. The fourth-order valence-electron chi connectivity index (χ4n) is 2.95. The molecule has 4 unspecified atom stereocenters. The van der Waals surface area contributed by atoms with Crippen LogP contribution in [-0.4, -0.2) is 55.6 Å². The zero-order valence-corrected chi connectivity index (χ0v) is 13.7. The van der Waals surface area contributed by atoms with Crippen LogP contribution in [0.1, 0.15) is 17.1 Å². The van der Waals surface area contributed by atoms with E-state index < -0.39 is 12.2 Å². The van der Waals surface area contributed by atoms with E-state index in [1.807, 2.05) is 5.38 Å². The van der Waals surface area contributed by atoms with Crippen molar-refractivity contribution in [2.45, 2.75) is 44.4 Å². The Labute approximate surface area is 138 Å². The first kappa shape index (κ1) is 16.5. The van der Waals surface area contributed by atoms with Crippen LogP contribution in [0.3, 0.4) is 0 Å². The van der Waals surface area contributed by atoms with Crippen molar-refractivity contribution in [3.63, 3.8) is 0 Å². The van der Waals surface area contributed by atoms with Crippen LogP contribution in [0.15, 0.2) is 17.8 Å². The molecule has 0 bridgehead atoms. The van der Waals surface area contributed by atoms with Gasteiger partial charge in [-0.1, -0.05) is 5.21 Å². The smallest absolute Gasteiger partial charge is 0.108 e. The third-order valence-electron chi connectivity index (χ3n) is 4.10. The number of nitrogens with zero attached hydrogens (tertiary/aromatic N) is 4. The highest BCUT2D eigenvalue weighted by atomic mass is 32.1. The maximum absolute atomic E-state index is 10.3. The minimum Gasteiger partial charge on any atom is -0.390 e. The van der Waals surface area contributed by atoms with Crippen molar-refractivity contribution >= 4 is 11.3 Å². The number of ether oxygens (including phenoxy) is 1. The van der Waals surface area contributed by atoms with Gasteiger partial charge in [-0.25, -0.2) is 4.98 Å². The molecule has 1 saturated carbocycles. The average molecular weight is 339 g/mol. The van der Waals surface area contributed by atoms with Gasteiger partial charge in [0.05, 0.1) is 25.0 Å². The van der Waals surface area contributed by atoms with Gasteiger partial charge in [-0.3, -0.25) is 4.68 Å². The molecule has 23 heavy (non-hydrogen) atoms. The number of aliphatic hydroxyl groups is 2. The van der Waals surface area contributed by atoms with Gasteiger partial charge in [0.25, 0.3) is 0 Å². The second kappa shape index (κ2) is 7.45. The molecule has 0 saturated heterocycles. The second-order valence-electron chi connectivity index (χ2n) is 5.76. The first-order valence-electron chi connectivity index (χ1n) is 7.53. The van der Waals surface area contributed by atoms with Crippen LogP contribution < -0.4 is 5.32 Å². The molecule has 4 atom stereocenters. The van der Waals surface area contributed by atoms with Crippen molar-refractivity contribution in [2.24, 2.45) is 5.92 Å². The fraction of sp³-hybridized carbons (Fsp3) is 0.643. The van der Waals surface area contributed by atoms with Crippen molar-refractivity contribution in [3.05, 3.63) is 28.5 Å². The normalized spacial score (nSPS) is 27.6. The van der Waals surface area contributed by atoms with Crippen LogP contribution in [0.5, 0.6) is 0 Å². The van der Waals surface area contributed by atoms with Gasteiger partial charge < -0.3 is 20.3 Å². The third-order valence-corrected chi connectivity index (χ3v) is 4.88. The number of thiazole rings is 1. The quantitative estimate of drug-likeness (QED) is 0.640. The van der Waals surface area contributed by atoms with E-state index in [1.54, 1.807) is 35.5 Å². The van der Waals surface area contributed by atoms with Gasteiger partial charge >= 0.3 is 0 Å². The van der Waals surface area contributed by atoms with Crippen LogP contribution in [0.2, 0.25) is 0 Å². The van der Waals surface area contributed by atoms with Crippen LogP contribution in [0.4, 0.5) is 0 Å². The van der Waals surface area contributed by atoms with E-state index in [9.17, 15) is 10.2 Å². The Balaban J connectivity index is 1.55. The maximum atomic E-state index is 10.3. The summed E-state index contributed by atoms with van der Waals surface area (Å²) < 4.78 is 6.71. The highest BCUT2D eigenvalue weighted by Crippen LogP contribution is 2.28. The predicted molar refractivity (Wildman–Crippen MR) is 83.6 cm³/mol. The molecule has 2 aromatic rings.